The van der Waals surface area contributed by atoms with Gasteiger partial charge in [0.1, 0.15) is 6.04 Å². The number of carbonyl (C=O) groups is 2. The fraction of sp³-hybridized carbons (Fsp3) is 0.500. The van der Waals surface area contributed by atoms with E-state index < -0.39 is 0 Å². The Balaban J connectivity index is 1.77. The Morgan fingerprint density at radius 3 is 2.71 bits per heavy atom. The van der Waals surface area contributed by atoms with Gasteiger partial charge in [-0.2, -0.15) is 4.98 Å². The highest BCUT2D eigenvalue weighted by Gasteiger charge is 2.33. The summed E-state index contributed by atoms with van der Waals surface area (Å²) < 4.78 is 5.50. The molecule has 0 radical (unpaired) electrons. The maximum atomic E-state index is 12.9. The lowest BCUT2D eigenvalue weighted by atomic mass is 10.0. The number of rotatable bonds is 6. The quantitative estimate of drug-likeness (QED) is 0.733. The lowest BCUT2D eigenvalue weighted by molar-refractivity contribution is -0.142. The van der Waals surface area contributed by atoms with Crippen LogP contribution in [-0.2, 0) is 9.59 Å². The number of piperidine rings is 1. The third kappa shape index (κ3) is 4.70. The predicted octanol–water partition coefficient (Wildman–Crippen LogP) is 3.70. The predicted molar refractivity (Wildman–Crippen MR) is 106 cm³/mol. The highest BCUT2D eigenvalue weighted by atomic mass is 35.5. The minimum Gasteiger partial charge on any atom is -0.337 e. The van der Waals surface area contributed by atoms with E-state index in [9.17, 15) is 9.59 Å². The first-order valence-electron chi connectivity index (χ1n) is 9.64. The van der Waals surface area contributed by atoms with Crippen molar-refractivity contribution in [1.29, 1.82) is 0 Å². The van der Waals surface area contributed by atoms with Crippen LogP contribution in [0.25, 0.3) is 11.4 Å². The molecule has 2 amide bonds. The Kier molecular flexibility index (Phi) is 6.67. The third-order valence-corrected chi connectivity index (χ3v) is 5.17. The lowest BCUT2D eigenvalue weighted by Crippen LogP contribution is -2.45. The second kappa shape index (κ2) is 9.19. The van der Waals surface area contributed by atoms with E-state index in [1.165, 1.54) is 6.92 Å². The van der Waals surface area contributed by atoms with Crippen LogP contribution in [-0.4, -0.2) is 51.4 Å². The molecule has 2 heterocycles. The van der Waals surface area contributed by atoms with Gasteiger partial charge in [0.2, 0.25) is 23.5 Å². The summed E-state index contributed by atoms with van der Waals surface area (Å²) in [5.41, 5.74) is 0.804. The van der Waals surface area contributed by atoms with E-state index in [1.807, 2.05) is 19.1 Å². The molecular weight excluding hydrogens is 380 g/mol. The Bertz CT molecular complexity index is 821. The summed E-state index contributed by atoms with van der Waals surface area (Å²) >= 11 is 5.93. The first-order chi connectivity index (χ1) is 13.5. The zero-order valence-corrected chi connectivity index (χ0v) is 17.0. The number of hydrogen-bond donors (Lipinski definition) is 0. The van der Waals surface area contributed by atoms with Crippen molar-refractivity contribution in [2.45, 2.75) is 45.6 Å². The number of amides is 2. The molecule has 0 saturated carbocycles. The topological polar surface area (TPSA) is 79.5 Å². The molecule has 1 aromatic carbocycles. The van der Waals surface area contributed by atoms with E-state index in [0.717, 1.165) is 31.2 Å². The van der Waals surface area contributed by atoms with Crippen LogP contribution in [0.5, 0.6) is 0 Å². The van der Waals surface area contributed by atoms with Crippen molar-refractivity contribution in [2.24, 2.45) is 0 Å². The Labute approximate surface area is 169 Å². The Morgan fingerprint density at radius 1 is 1.29 bits per heavy atom. The summed E-state index contributed by atoms with van der Waals surface area (Å²) in [7, 11) is 0. The molecule has 1 aliphatic rings. The molecule has 1 aromatic heterocycles. The molecule has 1 atom stereocenters. The van der Waals surface area contributed by atoms with Crippen LogP contribution in [0.3, 0.4) is 0 Å². The van der Waals surface area contributed by atoms with Crippen molar-refractivity contribution in [3.8, 4) is 11.4 Å². The Hall–Kier alpha value is -2.41. The second-order valence-electron chi connectivity index (χ2n) is 7.00. The van der Waals surface area contributed by atoms with Crippen molar-refractivity contribution in [1.82, 2.24) is 19.9 Å². The van der Waals surface area contributed by atoms with Gasteiger partial charge in [-0.1, -0.05) is 23.7 Å². The van der Waals surface area contributed by atoms with E-state index in [1.54, 1.807) is 21.9 Å². The molecule has 0 bridgehead atoms. The first kappa shape index (κ1) is 20.3. The number of aromatic nitrogens is 2. The van der Waals surface area contributed by atoms with Crippen LogP contribution >= 0.6 is 11.6 Å². The van der Waals surface area contributed by atoms with Crippen LogP contribution in [0.2, 0.25) is 5.02 Å². The van der Waals surface area contributed by atoms with Gasteiger partial charge >= 0.3 is 0 Å². The van der Waals surface area contributed by atoms with Crippen molar-refractivity contribution in [3.05, 3.63) is 35.2 Å². The van der Waals surface area contributed by atoms with Gasteiger partial charge in [0.05, 0.1) is 6.54 Å². The van der Waals surface area contributed by atoms with Crippen LogP contribution in [0.4, 0.5) is 0 Å². The van der Waals surface area contributed by atoms with Crippen molar-refractivity contribution < 1.29 is 14.1 Å². The second-order valence-corrected chi connectivity index (χ2v) is 7.44. The smallest absolute Gasteiger partial charge is 0.249 e. The standard InChI is InChI=1S/C20H25ClN4O3/c1-3-11-24(14(2)26)13-18(27)25-12-5-4-6-17(25)20-22-19(23-28-20)15-7-9-16(21)10-8-15/h7-10,17H,3-6,11-13H2,1-2H3/t17-/m1/s1. The molecule has 3 rings (SSSR count). The van der Waals surface area contributed by atoms with Gasteiger partial charge in [-0.05, 0) is 49.9 Å². The van der Waals surface area contributed by atoms with Crippen LogP contribution in [0.15, 0.2) is 28.8 Å². The number of halogens is 1. The van der Waals surface area contributed by atoms with Gasteiger partial charge in [-0.3, -0.25) is 9.59 Å². The number of nitrogens with zero attached hydrogens (tertiary/aromatic N) is 4. The van der Waals surface area contributed by atoms with E-state index in [2.05, 4.69) is 10.1 Å². The summed E-state index contributed by atoms with van der Waals surface area (Å²) in [4.78, 5) is 32.6. The fourth-order valence-corrected chi connectivity index (χ4v) is 3.57. The zero-order valence-electron chi connectivity index (χ0n) is 16.2. The van der Waals surface area contributed by atoms with Gasteiger partial charge in [0.25, 0.3) is 0 Å². The minimum atomic E-state index is -0.259. The van der Waals surface area contributed by atoms with E-state index in [0.29, 0.717) is 29.8 Å². The molecule has 0 spiro atoms. The van der Waals surface area contributed by atoms with Crippen molar-refractivity contribution in [2.75, 3.05) is 19.6 Å². The fourth-order valence-electron chi connectivity index (χ4n) is 3.45. The molecule has 0 unspecified atom stereocenters. The highest BCUT2D eigenvalue weighted by molar-refractivity contribution is 6.30. The number of carbonyl (C=O) groups excluding carboxylic acids is 2. The monoisotopic (exact) mass is 404 g/mol. The summed E-state index contributed by atoms with van der Waals surface area (Å²) in [6, 6.07) is 6.94. The molecule has 0 N–H and O–H groups in total. The molecule has 8 heteroatoms. The molecule has 28 heavy (non-hydrogen) atoms. The Morgan fingerprint density at radius 2 is 2.04 bits per heavy atom. The van der Waals surface area contributed by atoms with Crippen LogP contribution in [0.1, 0.15) is 51.5 Å². The van der Waals surface area contributed by atoms with Crippen LogP contribution < -0.4 is 0 Å². The normalized spacial score (nSPS) is 16.8. The van der Waals surface area contributed by atoms with Gasteiger partial charge in [-0.15, -0.1) is 0 Å². The number of hydrogen-bond acceptors (Lipinski definition) is 5. The van der Waals surface area contributed by atoms with Gasteiger partial charge < -0.3 is 14.3 Å². The number of likely N-dealkylation sites (tertiary alicyclic amines) is 1. The minimum absolute atomic E-state index is 0.0812. The van der Waals surface area contributed by atoms with Gasteiger partial charge in [0, 0.05) is 30.6 Å². The summed E-state index contributed by atoms with van der Waals surface area (Å²) in [6.07, 6.45) is 3.49. The molecule has 150 valence electrons. The lowest BCUT2D eigenvalue weighted by Gasteiger charge is -2.35. The average molecular weight is 405 g/mol. The average Bonchev–Trinajstić information content (AvgIpc) is 3.18. The van der Waals surface area contributed by atoms with E-state index in [-0.39, 0.29) is 24.4 Å². The summed E-state index contributed by atoms with van der Waals surface area (Å²) in [6.45, 7) is 4.76. The molecule has 7 nitrogen and oxygen atoms in total. The molecule has 1 saturated heterocycles. The van der Waals surface area contributed by atoms with Crippen molar-refractivity contribution in [3.63, 3.8) is 0 Å². The number of benzene rings is 1. The molecular formula is C20H25ClN4O3. The largest absolute Gasteiger partial charge is 0.337 e. The summed E-state index contributed by atoms with van der Waals surface area (Å²) in [5.74, 6) is 0.731. The first-order valence-corrected chi connectivity index (χ1v) is 10.0. The van der Waals surface area contributed by atoms with E-state index in [4.69, 9.17) is 16.1 Å². The summed E-state index contributed by atoms with van der Waals surface area (Å²) in [5, 5.41) is 4.71. The molecule has 1 aliphatic heterocycles. The van der Waals surface area contributed by atoms with E-state index >= 15 is 0 Å². The molecule has 2 aromatic rings. The third-order valence-electron chi connectivity index (χ3n) is 4.92. The van der Waals surface area contributed by atoms with Gasteiger partial charge in [-0.25, -0.2) is 0 Å². The highest BCUT2D eigenvalue weighted by Crippen LogP contribution is 2.31. The molecule has 0 aliphatic carbocycles. The SMILES string of the molecule is CCCN(CC(=O)N1CCCC[C@@H]1c1nc(-c2ccc(Cl)cc2)no1)C(C)=O. The molecule has 1 fully saturated rings. The maximum absolute atomic E-state index is 12.9. The zero-order chi connectivity index (χ0) is 20.1. The van der Waals surface area contributed by atoms with Crippen molar-refractivity contribution >= 4 is 23.4 Å². The maximum Gasteiger partial charge on any atom is 0.249 e. The van der Waals surface area contributed by atoms with Gasteiger partial charge in [0.15, 0.2) is 0 Å². The van der Waals surface area contributed by atoms with Crippen LogP contribution in [0, 0.1) is 0 Å².